The van der Waals surface area contributed by atoms with Crippen LogP contribution in [0.1, 0.15) is 19.4 Å². The molecule has 5 amide bonds. The summed E-state index contributed by atoms with van der Waals surface area (Å²) < 4.78 is 32.9. The number of rotatable bonds is 7. The molecule has 0 radical (unpaired) electrons. The lowest BCUT2D eigenvalue weighted by Crippen LogP contribution is -2.48. The second kappa shape index (κ2) is 14.0. The Morgan fingerprint density at radius 3 is 2.14 bits per heavy atom. The van der Waals surface area contributed by atoms with Gasteiger partial charge in [0.15, 0.2) is 0 Å². The molecular weight excluding hydrogens is 560 g/mol. The van der Waals surface area contributed by atoms with Gasteiger partial charge in [0.2, 0.25) is 5.91 Å². The number of fused-ring (bicyclic) bond motifs is 1. The minimum atomic E-state index is -0.558. The highest BCUT2D eigenvalue weighted by atomic mass is 19.1. The van der Waals surface area contributed by atoms with E-state index >= 15 is 0 Å². The summed E-state index contributed by atoms with van der Waals surface area (Å²) in [4.78, 5) is 41.9. The molecule has 12 heteroatoms. The van der Waals surface area contributed by atoms with Gasteiger partial charge in [0.05, 0.1) is 25.6 Å². The molecular formula is C31H35F2N5O5. The molecule has 0 aliphatic carbocycles. The second-order valence-corrected chi connectivity index (χ2v) is 10.6. The molecule has 1 aliphatic rings. The lowest BCUT2D eigenvalue weighted by atomic mass is 10.0. The first kappa shape index (κ1) is 31.2. The minimum absolute atomic E-state index is 0.0465. The fraction of sp³-hybridized carbons (Fsp3) is 0.323. The Hall–Kier alpha value is -4.71. The predicted molar refractivity (Wildman–Crippen MR) is 159 cm³/mol. The molecule has 43 heavy (non-hydrogen) atoms. The summed E-state index contributed by atoms with van der Waals surface area (Å²) in [5.74, 6) is -0.898. The van der Waals surface area contributed by atoms with Gasteiger partial charge in [0.25, 0.3) is 0 Å². The number of amides is 5. The summed E-state index contributed by atoms with van der Waals surface area (Å²) in [6.45, 7) is 3.85. The van der Waals surface area contributed by atoms with E-state index in [-0.39, 0.29) is 37.9 Å². The number of carbonyl (C=O) groups excluding carboxylic acids is 3. The fourth-order valence-electron chi connectivity index (χ4n) is 4.66. The molecule has 1 heterocycles. The summed E-state index contributed by atoms with van der Waals surface area (Å²) in [5.41, 5.74) is 1.75. The number of anilines is 3. The molecule has 0 unspecified atom stereocenters. The van der Waals surface area contributed by atoms with Gasteiger partial charge in [0, 0.05) is 42.1 Å². The van der Waals surface area contributed by atoms with Gasteiger partial charge in [-0.3, -0.25) is 4.79 Å². The number of urea groups is 2. The quantitative estimate of drug-likeness (QED) is 0.309. The molecule has 0 fully saturated rings. The molecule has 4 rings (SSSR count). The fourth-order valence-corrected chi connectivity index (χ4v) is 4.66. The van der Waals surface area contributed by atoms with Gasteiger partial charge < -0.3 is 35.6 Å². The topological polar surface area (TPSA) is 123 Å². The standard InChI is InChI=1S/C31H35F2N5O5/c1-19-16-38(20(2)18-39)29(40)15-21-14-26(35-30(41)34-24-8-4-22(32)5-9-24)12-13-27(21)43-28(19)17-37(3)31(42)36-25-10-6-23(33)7-11-25/h4-14,19-20,28,39H,15-18H2,1-3H3,(H,36,42)(H2,34,35,41)/t19-,20+,28-/m0/s1. The first-order valence-electron chi connectivity index (χ1n) is 13.8. The number of nitrogens with one attached hydrogen (secondary N) is 3. The van der Waals surface area contributed by atoms with Crippen LogP contribution in [0.2, 0.25) is 0 Å². The number of nitrogens with zero attached hydrogens (tertiary/aromatic N) is 2. The van der Waals surface area contributed by atoms with Crippen molar-refractivity contribution in [2.24, 2.45) is 5.92 Å². The largest absolute Gasteiger partial charge is 0.488 e. The van der Waals surface area contributed by atoms with Gasteiger partial charge in [-0.05, 0) is 73.7 Å². The number of hydrogen-bond acceptors (Lipinski definition) is 5. The van der Waals surface area contributed by atoms with E-state index in [1.54, 1.807) is 37.1 Å². The molecule has 228 valence electrons. The number of likely N-dealkylation sites (N-methyl/N-ethyl adjacent to an activating group) is 1. The lowest BCUT2D eigenvalue weighted by Gasteiger charge is -2.34. The zero-order valence-electron chi connectivity index (χ0n) is 24.1. The maximum absolute atomic E-state index is 13.4. The van der Waals surface area contributed by atoms with Crippen LogP contribution in [0, 0.1) is 17.6 Å². The zero-order chi connectivity index (χ0) is 31.1. The average molecular weight is 596 g/mol. The van der Waals surface area contributed by atoms with Gasteiger partial charge in [0.1, 0.15) is 23.5 Å². The van der Waals surface area contributed by atoms with Gasteiger partial charge >= 0.3 is 12.1 Å². The highest BCUT2D eigenvalue weighted by Gasteiger charge is 2.32. The monoisotopic (exact) mass is 595 g/mol. The van der Waals surface area contributed by atoms with Crippen molar-refractivity contribution in [3.8, 4) is 5.75 Å². The van der Waals surface area contributed by atoms with E-state index < -0.39 is 35.8 Å². The first-order chi connectivity index (χ1) is 20.5. The predicted octanol–water partition coefficient (Wildman–Crippen LogP) is 4.92. The summed E-state index contributed by atoms with van der Waals surface area (Å²) >= 11 is 0. The van der Waals surface area contributed by atoms with Gasteiger partial charge in [-0.25, -0.2) is 18.4 Å². The van der Waals surface area contributed by atoms with E-state index in [2.05, 4.69) is 16.0 Å². The van der Waals surface area contributed by atoms with Crippen molar-refractivity contribution < 1.29 is 33.0 Å². The van der Waals surface area contributed by atoms with Crippen LogP contribution in [0.4, 0.5) is 35.4 Å². The molecule has 0 saturated carbocycles. The Balaban J connectivity index is 1.55. The molecule has 3 atom stereocenters. The Morgan fingerprint density at radius 2 is 1.53 bits per heavy atom. The number of aliphatic hydroxyl groups is 1. The molecule has 0 bridgehead atoms. The Labute approximate surface area is 248 Å². The highest BCUT2D eigenvalue weighted by molar-refractivity contribution is 6.00. The molecule has 3 aromatic rings. The Morgan fingerprint density at radius 1 is 0.977 bits per heavy atom. The van der Waals surface area contributed by atoms with Crippen molar-refractivity contribution in [3.05, 3.63) is 83.9 Å². The number of carbonyl (C=O) groups is 3. The van der Waals surface area contributed by atoms with Crippen molar-refractivity contribution in [1.82, 2.24) is 9.80 Å². The van der Waals surface area contributed by atoms with Crippen LogP contribution in [0.15, 0.2) is 66.7 Å². The van der Waals surface area contributed by atoms with Gasteiger partial charge in [-0.15, -0.1) is 0 Å². The van der Waals surface area contributed by atoms with Crippen molar-refractivity contribution in [2.45, 2.75) is 32.4 Å². The van der Waals surface area contributed by atoms with Crippen LogP contribution in [-0.4, -0.2) is 71.8 Å². The van der Waals surface area contributed by atoms with Gasteiger partial charge in [-0.1, -0.05) is 6.92 Å². The molecule has 3 aromatic carbocycles. The Kier molecular flexibility index (Phi) is 10.1. The summed E-state index contributed by atoms with van der Waals surface area (Å²) in [5, 5.41) is 17.9. The number of halogens is 2. The van der Waals surface area contributed by atoms with Gasteiger partial charge in [-0.2, -0.15) is 0 Å². The van der Waals surface area contributed by atoms with Crippen molar-refractivity contribution in [3.63, 3.8) is 0 Å². The van der Waals surface area contributed by atoms with Crippen LogP contribution in [0.25, 0.3) is 0 Å². The summed E-state index contributed by atoms with van der Waals surface area (Å²) in [7, 11) is 1.61. The van der Waals surface area contributed by atoms with Crippen molar-refractivity contribution >= 4 is 35.0 Å². The third-order valence-corrected chi connectivity index (χ3v) is 7.17. The maximum atomic E-state index is 13.4. The smallest absolute Gasteiger partial charge is 0.323 e. The molecule has 0 spiro atoms. The van der Waals surface area contributed by atoms with E-state index in [0.29, 0.717) is 28.4 Å². The van der Waals surface area contributed by atoms with Crippen molar-refractivity contribution in [2.75, 3.05) is 42.7 Å². The highest BCUT2D eigenvalue weighted by Crippen LogP contribution is 2.29. The van der Waals surface area contributed by atoms with Crippen LogP contribution >= 0.6 is 0 Å². The molecule has 0 aromatic heterocycles. The number of ether oxygens (including phenoxy) is 1. The van der Waals surface area contributed by atoms with Crippen molar-refractivity contribution in [1.29, 1.82) is 0 Å². The van der Waals surface area contributed by atoms with E-state index in [0.717, 1.165) is 0 Å². The van der Waals surface area contributed by atoms with E-state index in [1.807, 2.05) is 6.92 Å². The molecule has 0 saturated heterocycles. The lowest BCUT2D eigenvalue weighted by molar-refractivity contribution is -0.134. The number of hydrogen-bond donors (Lipinski definition) is 4. The summed E-state index contributed by atoms with van der Waals surface area (Å²) in [6.07, 6.45) is -0.600. The van der Waals surface area contributed by atoms with Crippen LogP contribution in [0.3, 0.4) is 0 Å². The summed E-state index contributed by atoms with van der Waals surface area (Å²) in [6, 6.07) is 14.2. The third-order valence-electron chi connectivity index (χ3n) is 7.17. The minimum Gasteiger partial charge on any atom is -0.488 e. The number of benzene rings is 3. The zero-order valence-corrected chi connectivity index (χ0v) is 24.1. The molecule has 4 N–H and O–H groups in total. The second-order valence-electron chi connectivity index (χ2n) is 10.6. The normalized spacial score (nSPS) is 17.3. The van der Waals surface area contributed by atoms with E-state index in [4.69, 9.17) is 4.74 Å². The van der Waals surface area contributed by atoms with Crippen LogP contribution in [0.5, 0.6) is 5.75 Å². The molecule has 10 nitrogen and oxygen atoms in total. The SMILES string of the molecule is C[C@H](CO)N1C[C@H](C)[C@H](CN(C)C(=O)Nc2ccc(F)cc2)Oc2ccc(NC(=O)Nc3ccc(F)cc3)cc2CC1=O. The van der Waals surface area contributed by atoms with Crippen LogP contribution < -0.4 is 20.7 Å². The average Bonchev–Trinajstić information content (AvgIpc) is 3.02. The Bertz CT molecular complexity index is 1440. The van der Waals surface area contributed by atoms with E-state index in [1.165, 1.54) is 53.4 Å². The third kappa shape index (κ3) is 8.41. The number of aliphatic hydroxyl groups excluding tert-OH is 1. The van der Waals surface area contributed by atoms with E-state index in [9.17, 15) is 28.3 Å². The van der Waals surface area contributed by atoms with Crippen LogP contribution in [-0.2, 0) is 11.2 Å². The first-order valence-corrected chi connectivity index (χ1v) is 13.8. The molecule has 1 aliphatic heterocycles. The maximum Gasteiger partial charge on any atom is 0.323 e.